The van der Waals surface area contributed by atoms with Crippen LogP contribution in [0.1, 0.15) is 75.7 Å². The van der Waals surface area contributed by atoms with E-state index in [9.17, 15) is 4.79 Å². The minimum atomic E-state index is -0.0332. The molecular weight excluding hydrogens is 272 g/mol. The molecule has 1 aliphatic carbocycles. The van der Waals surface area contributed by atoms with Crippen molar-refractivity contribution < 1.29 is 9.53 Å². The minimum absolute atomic E-state index is 0.0103. The monoisotopic (exact) mass is 300 g/mol. The smallest absolute Gasteiger partial charge is 0.314 e. The van der Waals surface area contributed by atoms with Crippen molar-refractivity contribution >= 4 is 5.97 Å². The SMILES string of the molecule is O=C1OC2CCCCCCCCCCC2C1c1ccccc1. The van der Waals surface area contributed by atoms with E-state index in [1.54, 1.807) is 0 Å². The second-order valence-electron chi connectivity index (χ2n) is 6.93. The lowest BCUT2D eigenvalue weighted by Crippen LogP contribution is -2.20. The molecule has 1 saturated carbocycles. The summed E-state index contributed by atoms with van der Waals surface area (Å²) in [7, 11) is 0. The molecule has 1 heterocycles. The molecule has 0 radical (unpaired) electrons. The van der Waals surface area contributed by atoms with Gasteiger partial charge in [-0.1, -0.05) is 75.3 Å². The molecule has 120 valence electrons. The van der Waals surface area contributed by atoms with Crippen LogP contribution in [0.4, 0.5) is 0 Å². The highest BCUT2D eigenvalue weighted by Gasteiger charge is 2.44. The number of hydrogen-bond acceptors (Lipinski definition) is 2. The van der Waals surface area contributed by atoms with Crippen LogP contribution < -0.4 is 0 Å². The van der Waals surface area contributed by atoms with Crippen LogP contribution in [0.2, 0.25) is 0 Å². The van der Waals surface area contributed by atoms with E-state index in [0.717, 1.165) is 18.4 Å². The third kappa shape index (κ3) is 3.71. The molecule has 1 aromatic rings. The van der Waals surface area contributed by atoms with Gasteiger partial charge in [-0.3, -0.25) is 4.79 Å². The van der Waals surface area contributed by atoms with E-state index in [0.29, 0.717) is 5.92 Å². The van der Waals surface area contributed by atoms with Gasteiger partial charge in [-0.05, 0) is 24.8 Å². The van der Waals surface area contributed by atoms with Crippen molar-refractivity contribution in [3.8, 4) is 0 Å². The average molecular weight is 300 g/mol. The Morgan fingerprint density at radius 1 is 0.773 bits per heavy atom. The number of rotatable bonds is 1. The normalized spacial score (nSPS) is 30.7. The van der Waals surface area contributed by atoms with E-state index in [4.69, 9.17) is 4.74 Å². The molecule has 3 atom stereocenters. The van der Waals surface area contributed by atoms with Crippen molar-refractivity contribution in [1.82, 2.24) is 0 Å². The summed E-state index contributed by atoms with van der Waals surface area (Å²) in [5.74, 6) is 0.361. The first-order valence-electron chi connectivity index (χ1n) is 9.12. The Balaban J connectivity index is 1.74. The fourth-order valence-corrected chi connectivity index (χ4v) is 4.15. The zero-order valence-corrected chi connectivity index (χ0v) is 13.5. The van der Waals surface area contributed by atoms with Crippen molar-refractivity contribution in [2.75, 3.05) is 0 Å². The molecule has 2 heteroatoms. The molecule has 2 aliphatic rings. The highest BCUT2D eigenvalue weighted by atomic mass is 16.6. The Kier molecular flexibility index (Phi) is 5.53. The first kappa shape index (κ1) is 15.6. The van der Waals surface area contributed by atoms with Gasteiger partial charge in [-0.2, -0.15) is 0 Å². The topological polar surface area (TPSA) is 26.3 Å². The quantitative estimate of drug-likeness (QED) is 0.664. The highest BCUT2D eigenvalue weighted by Crippen LogP contribution is 2.41. The summed E-state index contributed by atoms with van der Waals surface area (Å²) in [6.07, 6.45) is 12.8. The van der Waals surface area contributed by atoms with Crippen LogP contribution in [-0.4, -0.2) is 12.1 Å². The van der Waals surface area contributed by atoms with Crippen LogP contribution in [0.3, 0.4) is 0 Å². The lowest BCUT2D eigenvalue weighted by molar-refractivity contribution is -0.142. The minimum Gasteiger partial charge on any atom is -0.462 e. The van der Waals surface area contributed by atoms with Crippen molar-refractivity contribution in [3.63, 3.8) is 0 Å². The van der Waals surface area contributed by atoms with Gasteiger partial charge in [0.2, 0.25) is 0 Å². The summed E-state index contributed by atoms with van der Waals surface area (Å²) < 4.78 is 5.80. The molecule has 3 unspecified atom stereocenters. The molecule has 22 heavy (non-hydrogen) atoms. The number of carbonyl (C=O) groups excluding carboxylic acids is 1. The molecule has 2 nitrogen and oxygen atoms in total. The zero-order chi connectivity index (χ0) is 15.2. The number of benzene rings is 1. The molecule has 2 fully saturated rings. The van der Waals surface area contributed by atoms with Crippen LogP contribution in [0.15, 0.2) is 30.3 Å². The predicted octanol–water partition coefficient (Wildman–Crippen LogP) is 5.23. The first-order chi connectivity index (χ1) is 10.9. The highest BCUT2D eigenvalue weighted by molar-refractivity contribution is 5.81. The summed E-state index contributed by atoms with van der Waals surface area (Å²) in [6, 6.07) is 10.3. The molecule has 0 aromatic heterocycles. The second-order valence-corrected chi connectivity index (χ2v) is 6.93. The van der Waals surface area contributed by atoms with Gasteiger partial charge in [-0.15, -0.1) is 0 Å². The van der Waals surface area contributed by atoms with Crippen LogP contribution in [-0.2, 0) is 9.53 Å². The van der Waals surface area contributed by atoms with Crippen molar-refractivity contribution in [3.05, 3.63) is 35.9 Å². The third-order valence-electron chi connectivity index (χ3n) is 5.36. The molecular formula is C20H28O2. The lowest BCUT2D eigenvalue weighted by Gasteiger charge is -2.22. The van der Waals surface area contributed by atoms with Gasteiger partial charge in [-0.25, -0.2) is 0 Å². The second kappa shape index (κ2) is 7.80. The Morgan fingerprint density at radius 2 is 1.36 bits per heavy atom. The van der Waals surface area contributed by atoms with Crippen LogP contribution >= 0.6 is 0 Å². The fraction of sp³-hybridized carbons (Fsp3) is 0.650. The number of fused-ring (bicyclic) bond motifs is 1. The van der Waals surface area contributed by atoms with Gasteiger partial charge in [0.1, 0.15) is 6.10 Å². The standard InChI is InChI=1S/C20H28O2/c21-20-19(16-12-8-7-9-13-16)17-14-10-5-3-1-2-4-6-11-15-18(17)22-20/h7-9,12-13,17-19H,1-6,10-11,14-15H2. The van der Waals surface area contributed by atoms with Gasteiger partial charge in [0.05, 0.1) is 5.92 Å². The molecule has 1 aliphatic heterocycles. The molecule has 3 rings (SSSR count). The maximum Gasteiger partial charge on any atom is 0.314 e. The molecule has 0 bridgehead atoms. The molecule has 0 spiro atoms. The first-order valence-corrected chi connectivity index (χ1v) is 9.12. The summed E-state index contributed by atoms with van der Waals surface area (Å²) in [5.41, 5.74) is 1.15. The number of hydrogen-bond donors (Lipinski definition) is 0. The van der Waals surface area contributed by atoms with Crippen molar-refractivity contribution in [1.29, 1.82) is 0 Å². The van der Waals surface area contributed by atoms with Crippen LogP contribution in [0.5, 0.6) is 0 Å². The Hall–Kier alpha value is -1.31. The summed E-state index contributed by atoms with van der Waals surface area (Å²) in [6.45, 7) is 0. The largest absolute Gasteiger partial charge is 0.462 e. The third-order valence-corrected chi connectivity index (χ3v) is 5.36. The number of ether oxygens (including phenoxy) is 1. The van der Waals surface area contributed by atoms with Crippen LogP contribution in [0, 0.1) is 5.92 Å². The average Bonchev–Trinajstić information content (AvgIpc) is 2.84. The van der Waals surface area contributed by atoms with Gasteiger partial charge in [0.25, 0.3) is 0 Å². The Labute approximate surface area is 134 Å². The van der Waals surface area contributed by atoms with Gasteiger partial charge >= 0.3 is 5.97 Å². The van der Waals surface area contributed by atoms with Crippen LogP contribution in [0.25, 0.3) is 0 Å². The molecule has 0 amide bonds. The van der Waals surface area contributed by atoms with Crippen molar-refractivity contribution in [2.24, 2.45) is 5.92 Å². The van der Waals surface area contributed by atoms with E-state index >= 15 is 0 Å². The molecule has 0 N–H and O–H groups in total. The summed E-state index contributed by atoms with van der Waals surface area (Å²) in [5, 5.41) is 0. The van der Waals surface area contributed by atoms with Gasteiger partial charge in [0, 0.05) is 5.92 Å². The zero-order valence-electron chi connectivity index (χ0n) is 13.5. The van der Waals surface area contributed by atoms with E-state index < -0.39 is 0 Å². The number of esters is 1. The molecule has 1 aromatic carbocycles. The van der Waals surface area contributed by atoms with Gasteiger partial charge in [0.15, 0.2) is 0 Å². The van der Waals surface area contributed by atoms with Gasteiger partial charge < -0.3 is 4.74 Å². The van der Waals surface area contributed by atoms with Crippen molar-refractivity contribution in [2.45, 2.75) is 76.2 Å². The summed E-state index contributed by atoms with van der Waals surface area (Å²) >= 11 is 0. The number of carbonyl (C=O) groups is 1. The Morgan fingerprint density at radius 3 is 2.05 bits per heavy atom. The van der Waals surface area contributed by atoms with E-state index in [1.165, 1.54) is 51.4 Å². The summed E-state index contributed by atoms with van der Waals surface area (Å²) in [4.78, 5) is 12.5. The van der Waals surface area contributed by atoms with E-state index in [1.807, 2.05) is 18.2 Å². The lowest BCUT2D eigenvalue weighted by atomic mass is 9.80. The molecule has 1 saturated heterocycles. The maximum absolute atomic E-state index is 12.5. The fourth-order valence-electron chi connectivity index (χ4n) is 4.15. The Bertz CT molecular complexity index is 468. The maximum atomic E-state index is 12.5. The van der Waals surface area contributed by atoms with E-state index in [2.05, 4.69) is 12.1 Å². The van der Waals surface area contributed by atoms with E-state index in [-0.39, 0.29) is 18.0 Å². The predicted molar refractivity (Wildman–Crippen MR) is 88.7 cm³/mol.